The van der Waals surface area contributed by atoms with Crippen LogP contribution in [0.5, 0.6) is 0 Å². The SMILES string of the molecule is Cc1cnc(C(C)C)n1C(C)(C)C. The van der Waals surface area contributed by atoms with Crippen molar-refractivity contribution in [2.45, 2.75) is 53.0 Å². The molecule has 0 fully saturated rings. The van der Waals surface area contributed by atoms with E-state index in [1.54, 1.807) is 0 Å². The summed E-state index contributed by atoms with van der Waals surface area (Å²) in [5.74, 6) is 1.68. The Hall–Kier alpha value is -0.790. The fourth-order valence-electron chi connectivity index (χ4n) is 1.74. The third kappa shape index (κ3) is 1.93. The van der Waals surface area contributed by atoms with E-state index in [2.05, 4.69) is 51.1 Å². The average molecular weight is 180 g/mol. The van der Waals surface area contributed by atoms with Crippen molar-refractivity contribution in [1.82, 2.24) is 9.55 Å². The number of aromatic nitrogens is 2. The first-order valence-electron chi connectivity index (χ1n) is 4.88. The second-order valence-electron chi connectivity index (χ2n) is 4.92. The smallest absolute Gasteiger partial charge is 0.111 e. The monoisotopic (exact) mass is 180 g/mol. The first kappa shape index (κ1) is 10.3. The molecule has 0 amide bonds. The number of hydrogen-bond acceptors (Lipinski definition) is 1. The highest BCUT2D eigenvalue weighted by atomic mass is 15.1. The van der Waals surface area contributed by atoms with Crippen LogP contribution in [0.1, 0.15) is 52.1 Å². The molecule has 2 nitrogen and oxygen atoms in total. The third-order valence-electron chi connectivity index (χ3n) is 2.15. The van der Waals surface area contributed by atoms with Crippen LogP contribution < -0.4 is 0 Å². The molecule has 0 radical (unpaired) electrons. The van der Waals surface area contributed by atoms with Gasteiger partial charge in [0.05, 0.1) is 0 Å². The highest BCUT2D eigenvalue weighted by Crippen LogP contribution is 2.23. The Morgan fingerprint density at radius 2 is 1.85 bits per heavy atom. The molecule has 0 atom stereocenters. The summed E-state index contributed by atoms with van der Waals surface area (Å²) in [6.45, 7) is 13.1. The molecule has 1 heterocycles. The molecule has 0 bridgehead atoms. The zero-order chi connectivity index (χ0) is 10.2. The van der Waals surface area contributed by atoms with Crippen molar-refractivity contribution in [1.29, 1.82) is 0 Å². The largest absolute Gasteiger partial charge is 0.327 e. The van der Waals surface area contributed by atoms with Crippen molar-refractivity contribution in [2.24, 2.45) is 0 Å². The summed E-state index contributed by atoms with van der Waals surface area (Å²) >= 11 is 0. The van der Waals surface area contributed by atoms with Crippen molar-refractivity contribution in [2.75, 3.05) is 0 Å². The van der Waals surface area contributed by atoms with Gasteiger partial charge in [0.2, 0.25) is 0 Å². The summed E-state index contributed by atoms with van der Waals surface area (Å²) in [7, 11) is 0. The fourth-order valence-corrected chi connectivity index (χ4v) is 1.74. The maximum Gasteiger partial charge on any atom is 0.111 e. The number of imidazole rings is 1. The molecular weight excluding hydrogens is 160 g/mol. The van der Waals surface area contributed by atoms with Gasteiger partial charge in [0, 0.05) is 23.3 Å². The van der Waals surface area contributed by atoms with Crippen LogP contribution in [0.2, 0.25) is 0 Å². The Morgan fingerprint density at radius 1 is 1.31 bits per heavy atom. The van der Waals surface area contributed by atoms with Crippen LogP contribution in [0.25, 0.3) is 0 Å². The summed E-state index contributed by atoms with van der Waals surface area (Å²) < 4.78 is 2.32. The second kappa shape index (κ2) is 3.17. The summed E-state index contributed by atoms with van der Waals surface area (Å²) in [4.78, 5) is 4.44. The molecule has 13 heavy (non-hydrogen) atoms. The van der Waals surface area contributed by atoms with Gasteiger partial charge in [-0.25, -0.2) is 4.98 Å². The number of hydrogen-bond donors (Lipinski definition) is 0. The van der Waals surface area contributed by atoms with Crippen LogP contribution in [0.4, 0.5) is 0 Å². The Kier molecular flexibility index (Phi) is 2.51. The zero-order valence-corrected chi connectivity index (χ0v) is 9.55. The quantitative estimate of drug-likeness (QED) is 0.649. The molecule has 0 spiro atoms. The minimum absolute atomic E-state index is 0.139. The topological polar surface area (TPSA) is 17.8 Å². The lowest BCUT2D eigenvalue weighted by molar-refractivity contribution is 0.369. The van der Waals surface area contributed by atoms with Gasteiger partial charge in [0.15, 0.2) is 0 Å². The molecule has 74 valence electrons. The number of aryl methyl sites for hydroxylation is 1. The Balaban J connectivity index is 3.25. The Morgan fingerprint density at radius 3 is 2.15 bits per heavy atom. The van der Waals surface area contributed by atoms with Crippen molar-refractivity contribution < 1.29 is 0 Å². The van der Waals surface area contributed by atoms with Crippen molar-refractivity contribution in [3.05, 3.63) is 17.7 Å². The molecule has 2 heteroatoms. The molecule has 1 rings (SSSR count). The maximum atomic E-state index is 4.44. The predicted molar refractivity (Wildman–Crippen MR) is 56.0 cm³/mol. The lowest BCUT2D eigenvalue weighted by Crippen LogP contribution is -2.25. The summed E-state index contributed by atoms with van der Waals surface area (Å²) in [6, 6.07) is 0. The molecule has 1 aromatic heterocycles. The molecule has 0 aliphatic carbocycles. The van der Waals surface area contributed by atoms with E-state index in [0.29, 0.717) is 5.92 Å². The minimum atomic E-state index is 0.139. The molecule has 0 unspecified atom stereocenters. The van der Waals surface area contributed by atoms with Crippen molar-refractivity contribution in [3.63, 3.8) is 0 Å². The highest BCUT2D eigenvalue weighted by Gasteiger charge is 2.20. The van der Waals surface area contributed by atoms with Crippen LogP contribution in [-0.4, -0.2) is 9.55 Å². The van der Waals surface area contributed by atoms with Gasteiger partial charge in [0.1, 0.15) is 5.82 Å². The third-order valence-corrected chi connectivity index (χ3v) is 2.15. The summed E-state index contributed by atoms with van der Waals surface area (Å²) in [6.07, 6.45) is 1.96. The predicted octanol–water partition coefficient (Wildman–Crippen LogP) is 3.07. The van der Waals surface area contributed by atoms with Crippen LogP contribution >= 0.6 is 0 Å². The van der Waals surface area contributed by atoms with Gasteiger partial charge in [-0.05, 0) is 27.7 Å². The van der Waals surface area contributed by atoms with Gasteiger partial charge in [-0.1, -0.05) is 13.8 Å². The second-order valence-corrected chi connectivity index (χ2v) is 4.92. The van der Waals surface area contributed by atoms with Crippen LogP contribution in [0.15, 0.2) is 6.20 Å². The van der Waals surface area contributed by atoms with Gasteiger partial charge < -0.3 is 4.57 Å². The summed E-state index contributed by atoms with van der Waals surface area (Å²) in [5.41, 5.74) is 1.39. The fraction of sp³-hybridized carbons (Fsp3) is 0.727. The van der Waals surface area contributed by atoms with E-state index in [1.165, 1.54) is 11.5 Å². The molecule has 1 aromatic rings. The lowest BCUT2D eigenvalue weighted by Gasteiger charge is -2.26. The van der Waals surface area contributed by atoms with Crippen LogP contribution in [0.3, 0.4) is 0 Å². The van der Waals surface area contributed by atoms with E-state index in [1.807, 2.05) is 6.20 Å². The molecular formula is C11H20N2. The molecule has 0 aromatic carbocycles. The van der Waals surface area contributed by atoms with E-state index in [9.17, 15) is 0 Å². The summed E-state index contributed by atoms with van der Waals surface area (Å²) in [5, 5.41) is 0. The van der Waals surface area contributed by atoms with E-state index in [0.717, 1.165) is 0 Å². The van der Waals surface area contributed by atoms with Gasteiger partial charge >= 0.3 is 0 Å². The zero-order valence-electron chi connectivity index (χ0n) is 9.55. The first-order valence-corrected chi connectivity index (χ1v) is 4.88. The minimum Gasteiger partial charge on any atom is -0.327 e. The van der Waals surface area contributed by atoms with E-state index in [-0.39, 0.29) is 5.54 Å². The van der Waals surface area contributed by atoms with E-state index in [4.69, 9.17) is 0 Å². The molecule has 0 N–H and O–H groups in total. The normalized spacial score (nSPS) is 12.5. The van der Waals surface area contributed by atoms with Gasteiger partial charge in [-0.15, -0.1) is 0 Å². The van der Waals surface area contributed by atoms with Crippen molar-refractivity contribution >= 4 is 0 Å². The molecule has 0 aliphatic rings. The molecule has 0 saturated carbocycles. The molecule has 0 aliphatic heterocycles. The number of nitrogens with zero attached hydrogens (tertiary/aromatic N) is 2. The molecule has 0 saturated heterocycles. The van der Waals surface area contributed by atoms with Crippen LogP contribution in [-0.2, 0) is 5.54 Å². The lowest BCUT2D eigenvalue weighted by atomic mass is 10.1. The first-order chi connectivity index (χ1) is 5.84. The van der Waals surface area contributed by atoms with E-state index >= 15 is 0 Å². The van der Waals surface area contributed by atoms with Crippen LogP contribution in [0, 0.1) is 6.92 Å². The van der Waals surface area contributed by atoms with Gasteiger partial charge in [0.25, 0.3) is 0 Å². The standard InChI is InChI=1S/C11H20N2/c1-8(2)10-12-7-9(3)13(10)11(4,5)6/h7-8H,1-6H3. The average Bonchev–Trinajstić information content (AvgIpc) is 2.28. The van der Waals surface area contributed by atoms with Crippen molar-refractivity contribution in [3.8, 4) is 0 Å². The van der Waals surface area contributed by atoms with Gasteiger partial charge in [-0.2, -0.15) is 0 Å². The van der Waals surface area contributed by atoms with E-state index < -0.39 is 0 Å². The van der Waals surface area contributed by atoms with Gasteiger partial charge in [-0.3, -0.25) is 0 Å². The Labute approximate surface area is 81.0 Å². The number of rotatable bonds is 1. The maximum absolute atomic E-state index is 4.44. The highest BCUT2D eigenvalue weighted by molar-refractivity contribution is 5.10. The Bertz CT molecular complexity index is 290.